The summed E-state index contributed by atoms with van der Waals surface area (Å²) in [4.78, 5) is 0. The Morgan fingerprint density at radius 3 is 0.826 bits per heavy atom. The molecule has 0 atom stereocenters. The smallest absolute Gasteiger partial charge is 0.143 e. The summed E-state index contributed by atoms with van der Waals surface area (Å²) in [7, 11) is 0. The van der Waals surface area contributed by atoms with Crippen LogP contribution in [0.2, 0.25) is 0 Å². The standard InChI is InChI=1S/C51H34O.C50H30O.C45H30O/c1-51(2)43-22-10-9-19-40(43)48-34(20-11-23-44(48)51)32-25-27-33(28-26-32)46-36-15-5-7-17-38(36)47(39-18-8-6-16-37(39)46)41-21-12-24-45-49(41)42-30-29-31-13-3-4-14-35(31)50(42)52-45;1-2-11-31(12-3-1)33-24-26-37-34(29-33)21-22-35-30-36(25-27-38(35)37)47-40-15-6-8-17-42(40)48(43-18-9-7-16-41(43)47)44-19-10-20-46-49(44)45-28-23-32-13-4-5-14-39(32)50(45)51-46;1-45(2)37-22-10-9-19-33(37)42-34(20-11-23-38(42)45)40-29-15-5-7-17-31(29)41(32-18-8-6-16-30(32)40)35-21-12-24-39-43(35)36-26-25-27-13-3-4-14-28(27)44(36)46-39/h3-30H,1-2H3;1-30H;3-26H,1-2H3/i5D,6D,7D,8D,15D,16D,17D,18D;6D,7D,8D,9D,15D,16D,17D,18D;5D,6D,7D,8D,15D,16D,17D,18D. The predicted molar refractivity (Wildman–Crippen MR) is 632 cm³/mol. The molecule has 0 spiro atoms. The summed E-state index contributed by atoms with van der Waals surface area (Å²) in [5.74, 6) is 0. The van der Waals surface area contributed by atoms with E-state index in [1.54, 1.807) is 0 Å². The van der Waals surface area contributed by atoms with Crippen LogP contribution >= 0.6 is 0 Å². The molecular formula is C146H94O3. The van der Waals surface area contributed by atoms with E-state index in [1.807, 2.05) is 261 Å². The Kier molecular flexibility index (Phi) is 14.5. The number of hydrogen-bond acceptors (Lipinski definition) is 3. The van der Waals surface area contributed by atoms with Crippen molar-refractivity contribution in [3.63, 3.8) is 0 Å². The Morgan fingerprint density at radius 1 is 0.161 bits per heavy atom. The fourth-order valence-electron chi connectivity index (χ4n) is 24.6. The second-order valence-electron chi connectivity index (χ2n) is 39.8. The van der Waals surface area contributed by atoms with Crippen molar-refractivity contribution < 1.29 is 46.1 Å². The molecule has 27 aromatic carbocycles. The molecule has 0 N–H and O–H groups in total. The van der Waals surface area contributed by atoms with Crippen molar-refractivity contribution in [2.24, 2.45) is 0 Å². The fourth-order valence-corrected chi connectivity index (χ4v) is 24.6. The van der Waals surface area contributed by atoms with Gasteiger partial charge in [0.05, 0.1) is 32.9 Å². The Bertz CT molecular complexity index is 12300. The molecule has 30 aromatic rings. The molecule has 0 unspecified atom stereocenters. The number of hydrogen-bond donors (Lipinski definition) is 0. The second-order valence-corrected chi connectivity index (χ2v) is 39.8. The van der Waals surface area contributed by atoms with E-state index < -0.39 is 77.9 Å². The van der Waals surface area contributed by atoms with E-state index in [4.69, 9.17) is 29.7 Å². The summed E-state index contributed by atoms with van der Waals surface area (Å²) in [5.41, 5.74) is 21.3. The maximum absolute atomic E-state index is 9.54. The van der Waals surface area contributed by atoms with Crippen molar-refractivity contribution in [2.75, 3.05) is 0 Å². The van der Waals surface area contributed by atoms with Gasteiger partial charge in [-0.2, -0.15) is 0 Å². The van der Waals surface area contributed by atoms with Gasteiger partial charge >= 0.3 is 0 Å². The van der Waals surface area contributed by atoms with E-state index in [0.717, 1.165) is 115 Å². The van der Waals surface area contributed by atoms with Crippen molar-refractivity contribution >= 4 is 184 Å². The Morgan fingerprint density at radius 2 is 0.430 bits per heavy atom. The maximum Gasteiger partial charge on any atom is 0.143 e. The molecule has 3 nitrogen and oxygen atoms in total. The summed E-state index contributed by atoms with van der Waals surface area (Å²) in [5, 5.41) is 16.1. The first-order valence-corrected chi connectivity index (χ1v) is 49.9. The van der Waals surface area contributed by atoms with Crippen LogP contribution in [0.15, 0.2) is 510 Å². The molecule has 2 aliphatic rings. The molecule has 32 rings (SSSR count). The van der Waals surface area contributed by atoms with Gasteiger partial charge in [0.1, 0.15) is 33.5 Å². The Labute approximate surface area is 894 Å². The molecule has 696 valence electrons. The van der Waals surface area contributed by atoms with Gasteiger partial charge in [0, 0.05) is 59.3 Å². The molecular weight excluding hydrogens is 1800 g/mol. The minimum Gasteiger partial charge on any atom is -0.455 e. The largest absolute Gasteiger partial charge is 0.455 e. The zero-order chi connectivity index (χ0) is 119. The molecule has 0 radical (unpaired) electrons. The van der Waals surface area contributed by atoms with E-state index in [1.165, 1.54) is 22.3 Å². The number of rotatable bonds is 8. The zero-order valence-electron chi connectivity index (χ0n) is 105. The molecule has 0 fully saturated rings. The normalized spacial score (nSPS) is 15.2. The van der Waals surface area contributed by atoms with Gasteiger partial charge in [-0.25, -0.2) is 0 Å². The average molecular weight is 1920 g/mol. The SMILES string of the molecule is [2H]c1c([2H])c([2H])c2c(-c3cccc4oc5c6ccccc6ccc5c34)c3c([2H])c([2H])c([2H])c([2H])c3c(-c3ccc(-c4cccc5c4-c4ccccc4C5(C)C)cc3)c2c1[2H].[2H]c1c([2H])c([2H])c2c(-c3cccc4oc5c6ccccc6ccc5c34)c3c([2H])c([2H])c([2H])c([2H])c3c(-c3ccc4c(ccc5cc(-c6ccccc6)ccc54)c3)c2c1[2H].[2H]c1c([2H])c([2H])c2c(-c3cccc4oc5c6ccccc6ccc5c34)c3c([2H])c([2H])c([2H])c([2H])c3c(-c3cccc4c3-c3ccccc3C4(C)C)c2c1[2H]. The third-order valence-corrected chi connectivity index (χ3v) is 31.3. The maximum atomic E-state index is 9.54. The van der Waals surface area contributed by atoms with Crippen LogP contribution in [0, 0.1) is 0 Å². The highest BCUT2D eigenvalue weighted by molar-refractivity contribution is 6.32. The minimum atomic E-state index is -0.440. The summed E-state index contributed by atoms with van der Waals surface area (Å²) in [6.07, 6.45) is 0. The van der Waals surface area contributed by atoms with E-state index in [0.29, 0.717) is 116 Å². The molecule has 0 bridgehead atoms. The highest BCUT2D eigenvalue weighted by Crippen LogP contribution is 2.59. The summed E-state index contributed by atoms with van der Waals surface area (Å²) in [6, 6.07) is 107. The molecule has 149 heavy (non-hydrogen) atoms. The van der Waals surface area contributed by atoms with Crippen LogP contribution in [0.1, 0.15) is 82.8 Å². The molecule has 0 saturated carbocycles. The molecule has 3 aromatic heterocycles. The number of benzene rings is 27. The van der Waals surface area contributed by atoms with Gasteiger partial charge in [0.15, 0.2) is 0 Å². The Hall–Kier alpha value is -18.8. The van der Waals surface area contributed by atoms with Crippen molar-refractivity contribution in [3.05, 3.63) is 519 Å². The second kappa shape index (κ2) is 33.4. The lowest BCUT2D eigenvalue weighted by Gasteiger charge is -2.22. The highest BCUT2D eigenvalue weighted by Gasteiger charge is 2.40. The highest BCUT2D eigenvalue weighted by atomic mass is 16.3. The lowest BCUT2D eigenvalue weighted by Crippen LogP contribution is -2.14. The van der Waals surface area contributed by atoms with Crippen molar-refractivity contribution in [3.8, 4) is 111 Å². The first-order valence-electron chi connectivity index (χ1n) is 61.9. The third-order valence-electron chi connectivity index (χ3n) is 31.3. The topological polar surface area (TPSA) is 39.4 Å². The first-order chi connectivity index (χ1) is 83.4. The lowest BCUT2D eigenvalue weighted by molar-refractivity contribution is 0.660. The summed E-state index contributed by atoms with van der Waals surface area (Å²) in [6.45, 7) is 8.78. The quantitative estimate of drug-likeness (QED) is 0.112. The van der Waals surface area contributed by atoms with Gasteiger partial charge in [0.25, 0.3) is 0 Å². The lowest BCUT2D eigenvalue weighted by atomic mass is 9.80. The van der Waals surface area contributed by atoms with Crippen LogP contribution in [-0.2, 0) is 10.8 Å². The van der Waals surface area contributed by atoms with Gasteiger partial charge in [-0.1, -0.05) is 476 Å². The molecule has 2 aliphatic carbocycles. The van der Waals surface area contributed by atoms with E-state index in [2.05, 4.69) is 119 Å². The predicted octanol–water partition coefficient (Wildman–Crippen LogP) is 41.4. The Balaban J connectivity index is 0.000000114. The van der Waals surface area contributed by atoms with Crippen LogP contribution in [0.5, 0.6) is 0 Å². The minimum absolute atomic E-state index is 0.165. The number of furan rings is 3. The van der Waals surface area contributed by atoms with Gasteiger partial charge in [-0.15, -0.1) is 0 Å². The summed E-state index contributed by atoms with van der Waals surface area (Å²) >= 11 is 0. The van der Waals surface area contributed by atoms with Crippen molar-refractivity contribution in [2.45, 2.75) is 38.5 Å². The molecule has 3 heteroatoms. The molecule has 0 amide bonds. The third kappa shape index (κ3) is 13.1. The van der Waals surface area contributed by atoms with Gasteiger partial charge in [0.2, 0.25) is 0 Å². The molecule has 0 saturated heterocycles. The van der Waals surface area contributed by atoms with Crippen LogP contribution in [0.25, 0.3) is 296 Å². The van der Waals surface area contributed by atoms with Gasteiger partial charge in [-0.05, 0) is 284 Å². The van der Waals surface area contributed by atoms with Crippen LogP contribution in [0.3, 0.4) is 0 Å². The zero-order valence-corrected chi connectivity index (χ0v) is 80.7. The van der Waals surface area contributed by atoms with E-state index in [-0.39, 0.29) is 143 Å². The van der Waals surface area contributed by atoms with Crippen LogP contribution in [-0.4, -0.2) is 0 Å². The van der Waals surface area contributed by atoms with Crippen LogP contribution in [0.4, 0.5) is 0 Å². The molecule has 0 aliphatic heterocycles. The van der Waals surface area contributed by atoms with E-state index >= 15 is 0 Å². The average Bonchev–Trinajstić information content (AvgIpc) is 1.65. The van der Waals surface area contributed by atoms with Crippen LogP contribution < -0.4 is 0 Å². The first kappa shape index (κ1) is 64.8. The monoisotopic (exact) mass is 1920 g/mol. The van der Waals surface area contributed by atoms with E-state index in [9.17, 15) is 16.4 Å². The summed E-state index contributed by atoms with van der Waals surface area (Å²) < 4.78 is 241. The van der Waals surface area contributed by atoms with Gasteiger partial charge < -0.3 is 13.3 Å². The van der Waals surface area contributed by atoms with Crippen molar-refractivity contribution in [1.82, 2.24) is 0 Å². The van der Waals surface area contributed by atoms with Gasteiger partial charge in [-0.3, -0.25) is 0 Å². The fraction of sp³-hybridized carbons (Fsp3) is 0.0411. The number of fused-ring (bicyclic) bond motifs is 30. The molecule has 3 heterocycles. The van der Waals surface area contributed by atoms with Crippen molar-refractivity contribution in [1.29, 1.82) is 0 Å².